The molecule has 2 aromatic carbocycles. The Hall–Kier alpha value is -3.58. The first kappa shape index (κ1) is 22.6. The van der Waals surface area contributed by atoms with Crippen LogP contribution in [0.4, 0.5) is 0 Å². The zero-order chi connectivity index (χ0) is 23.2. The number of allylic oxidation sites excluding steroid dienone is 2. The molecule has 4 atom stereocenters. The van der Waals surface area contributed by atoms with Gasteiger partial charge >= 0.3 is 11.9 Å². The molecule has 2 aromatic rings. The molecule has 0 spiro atoms. The number of ether oxygens (including phenoxy) is 1. The summed E-state index contributed by atoms with van der Waals surface area (Å²) in [7, 11) is 0. The fraction of sp³-hybridized carbons (Fsp3) is 0.308. The Labute approximate surface area is 193 Å². The van der Waals surface area contributed by atoms with Gasteiger partial charge in [-0.1, -0.05) is 72.8 Å². The Kier molecular flexibility index (Phi) is 7.10. The van der Waals surface area contributed by atoms with Crippen LogP contribution in [-0.4, -0.2) is 44.4 Å². The van der Waals surface area contributed by atoms with Gasteiger partial charge in [-0.15, -0.1) is 0 Å². The van der Waals surface area contributed by atoms with Crippen molar-refractivity contribution in [3.63, 3.8) is 0 Å². The number of aliphatic carboxylic acids is 2. The van der Waals surface area contributed by atoms with Gasteiger partial charge in [0.05, 0.1) is 0 Å². The SMILES string of the molecule is O=C(O)C1CC=CN(Cc2ccccc2)C1OC1C(C(=O)O)CC=CN1Cc1ccccc1. The van der Waals surface area contributed by atoms with Crippen molar-refractivity contribution in [2.75, 3.05) is 0 Å². The molecule has 7 heteroatoms. The number of carboxylic acid groups (broad SMARTS) is 2. The Morgan fingerprint density at radius 3 is 1.48 bits per heavy atom. The van der Waals surface area contributed by atoms with Crippen LogP contribution in [0.25, 0.3) is 0 Å². The van der Waals surface area contributed by atoms with E-state index in [0.29, 0.717) is 25.9 Å². The molecule has 2 heterocycles. The molecule has 4 unspecified atom stereocenters. The number of rotatable bonds is 8. The van der Waals surface area contributed by atoms with Gasteiger partial charge < -0.3 is 24.7 Å². The maximum Gasteiger partial charge on any atom is 0.311 e. The Balaban J connectivity index is 1.63. The summed E-state index contributed by atoms with van der Waals surface area (Å²) in [4.78, 5) is 27.9. The maximum atomic E-state index is 12.1. The standard InChI is InChI=1S/C26H28N2O5/c29-25(30)21-13-7-15-27(17-19-9-3-1-4-10-19)23(21)33-24-22(26(31)32)14-8-16-28(24)18-20-11-5-2-6-12-20/h1-12,15-16,21-24H,13-14,17-18H2,(H,29,30)(H,31,32). The van der Waals surface area contributed by atoms with Gasteiger partial charge in [-0.05, 0) is 36.4 Å². The summed E-state index contributed by atoms with van der Waals surface area (Å²) in [5.74, 6) is -3.54. The third-order valence-electron chi connectivity index (χ3n) is 6.05. The van der Waals surface area contributed by atoms with Crippen LogP contribution >= 0.6 is 0 Å². The van der Waals surface area contributed by atoms with Crippen LogP contribution in [0.15, 0.2) is 85.2 Å². The van der Waals surface area contributed by atoms with Crippen molar-refractivity contribution in [2.45, 2.75) is 38.4 Å². The fourth-order valence-corrected chi connectivity index (χ4v) is 4.36. The smallest absolute Gasteiger partial charge is 0.311 e. The third-order valence-corrected chi connectivity index (χ3v) is 6.05. The van der Waals surface area contributed by atoms with E-state index in [-0.39, 0.29) is 0 Å². The molecule has 0 amide bonds. The number of nitrogens with zero attached hydrogens (tertiary/aromatic N) is 2. The highest BCUT2D eigenvalue weighted by Crippen LogP contribution is 2.32. The molecule has 0 radical (unpaired) electrons. The highest BCUT2D eigenvalue weighted by Gasteiger charge is 2.42. The normalized spacial score (nSPS) is 24.6. The summed E-state index contributed by atoms with van der Waals surface area (Å²) in [6.07, 6.45) is 6.42. The summed E-state index contributed by atoms with van der Waals surface area (Å²) < 4.78 is 6.44. The number of hydrogen-bond donors (Lipinski definition) is 2. The van der Waals surface area contributed by atoms with Crippen LogP contribution < -0.4 is 0 Å². The molecule has 172 valence electrons. The van der Waals surface area contributed by atoms with Crippen molar-refractivity contribution < 1.29 is 24.5 Å². The zero-order valence-electron chi connectivity index (χ0n) is 18.2. The lowest BCUT2D eigenvalue weighted by molar-refractivity contribution is -0.198. The van der Waals surface area contributed by atoms with Gasteiger partial charge in [0.2, 0.25) is 0 Å². The minimum absolute atomic E-state index is 0.324. The van der Waals surface area contributed by atoms with Gasteiger partial charge in [-0.3, -0.25) is 9.59 Å². The van der Waals surface area contributed by atoms with E-state index in [2.05, 4.69) is 0 Å². The van der Waals surface area contributed by atoms with Gasteiger partial charge in [-0.2, -0.15) is 0 Å². The molecule has 7 nitrogen and oxygen atoms in total. The van der Waals surface area contributed by atoms with Crippen LogP contribution in [-0.2, 0) is 27.4 Å². The topological polar surface area (TPSA) is 90.3 Å². The summed E-state index contributed by atoms with van der Waals surface area (Å²) in [6, 6.07) is 19.5. The predicted octanol–water partition coefficient (Wildman–Crippen LogP) is 3.90. The number of benzene rings is 2. The summed E-state index contributed by atoms with van der Waals surface area (Å²) >= 11 is 0. The highest BCUT2D eigenvalue weighted by atomic mass is 16.5. The Morgan fingerprint density at radius 1 is 0.727 bits per heavy atom. The van der Waals surface area contributed by atoms with Crippen molar-refractivity contribution in [2.24, 2.45) is 11.8 Å². The molecule has 0 bridgehead atoms. The maximum absolute atomic E-state index is 12.1. The molecular weight excluding hydrogens is 420 g/mol. The molecule has 2 aliphatic heterocycles. The highest BCUT2D eigenvalue weighted by molar-refractivity contribution is 5.72. The monoisotopic (exact) mass is 448 g/mol. The van der Waals surface area contributed by atoms with Crippen LogP contribution in [0, 0.1) is 11.8 Å². The molecule has 2 N–H and O–H groups in total. The summed E-state index contributed by atoms with van der Waals surface area (Å²) in [5.41, 5.74) is 2.03. The van der Waals surface area contributed by atoms with E-state index in [0.717, 1.165) is 11.1 Å². The zero-order valence-corrected chi connectivity index (χ0v) is 18.2. The van der Waals surface area contributed by atoms with Crippen LogP contribution in [0.3, 0.4) is 0 Å². The van der Waals surface area contributed by atoms with Crippen LogP contribution in [0.2, 0.25) is 0 Å². The number of carbonyl (C=O) groups is 2. The van der Waals surface area contributed by atoms with Gasteiger partial charge in [-0.25, -0.2) is 0 Å². The molecule has 0 saturated carbocycles. The largest absolute Gasteiger partial charge is 0.481 e. The van der Waals surface area contributed by atoms with E-state index in [1.807, 2.05) is 95.0 Å². The minimum atomic E-state index is -0.963. The Morgan fingerprint density at radius 2 is 1.12 bits per heavy atom. The van der Waals surface area contributed by atoms with Gasteiger partial charge in [0, 0.05) is 13.1 Å². The molecule has 4 rings (SSSR count). The van der Waals surface area contributed by atoms with E-state index in [4.69, 9.17) is 4.74 Å². The second kappa shape index (κ2) is 10.4. The summed E-state index contributed by atoms with van der Waals surface area (Å²) in [6.45, 7) is 0.926. The molecule has 0 fully saturated rings. The molecule has 0 saturated heterocycles. The molecular formula is C26H28N2O5. The minimum Gasteiger partial charge on any atom is -0.481 e. The van der Waals surface area contributed by atoms with Gasteiger partial charge in [0.1, 0.15) is 24.3 Å². The lowest BCUT2D eigenvalue weighted by Gasteiger charge is -2.44. The van der Waals surface area contributed by atoms with Crippen molar-refractivity contribution in [1.29, 1.82) is 0 Å². The van der Waals surface area contributed by atoms with Gasteiger partial charge in [0.25, 0.3) is 0 Å². The van der Waals surface area contributed by atoms with E-state index in [9.17, 15) is 19.8 Å². The second-order valence-electron chi connectivity index (χ2n) is 8.36. The average Bonchev–Trinajstić information content (AvgIpc) is 2.82. The van der Waals surface area contributed by atoms with E-state index in [1.165, 1.54) is 0 Å². The molecule has 0 aromatic heterocycles. The first-order valence-electron chi connectivity index (χ1n) is 11.1. The van der Waals surface area contributed by atoms with Crippen molar-refractivity contribution in [3.05, 3.63) is 96.3 Å². The summed E-state index contributed by atoms with van der Waals surface area (Å²) in [5, 5.41) is 19.8. The van der Waals surface area contributed by atoms with Crippen molar-refractivity contribution >= 4 is 11.9 Å². The third kappa shape index (κ3) is 5.43. The molecule has 2 aliphatic rings. The first-order valence-corrected chi connectivity index (χ1v) is 11.1. The average molecular weight is 449 g/mol. The predicted molar refractivity (Wildman–Crippen MR) is 122 cm³/mol. The van der Waals surface area contributed by atoms with Crippen molar-refractivity contribution in [1.82, 2.24) is 9.80 Å². The van der Waals surface area contributed by atoms with Crippen LogP contribution in [0.5, 0.6) is 0 Å². The van der Waals surface area contributed by atoms with E-state index in [1.54, 1.807) is 0 Å². The first-order chi connectivity index (χ1) is 16.0. The lowest BCUT2D eigenvalue weighted by atomic mass is 9.96. The lowest BCUT2D eigenvalue weighted by Crippen LogP contribution is -2.52. The Bertz CT molecular complexity index is 926. The number of hydrogen-bond acceptors (Lipinski definition) is 5. The number of carboxylic acids is 2. The molecule has 33 heavy (non-hydrogen) atoms. The van der Waals surface area contributed by atoms with Gasteiger partial charge in [0.15, 0.2) is 0 Å². The van der Waals surface area contributed by atoms with E-state index < -0.39 is 36.2 Å². The quantitative estimate of drug-likeness (QED) is 0.633. The fourth-order valence-electron chi connectivity index (χ4n) is 4.36. The second-order valence-corrected chi connectivity index (χ2v) is 8.36. The van der Waals surface area contributed by atoms with E-state index >= 15 is 0 Å². The van der Waals surface area contributed by atoms with Crippen LogP contribution in [0.1, 0.15) is 24.0 Å². The molecule has 0 aliphatic carbocycles. The van der Waals surface area contributed by atoms with Crippen molar-refractivity contribution in [3.8, 4) is 0 Å².